The van der Waals surface area contributed by atoms with E-state index in [9.17, 15) is 9.18 Å². The molecule has 4 rings (SSSR count). The van der Waals surface area contributed by atoms with Crippen LogP contribution in [-0.2, 0) is 19.9 Å². The second-order valence-electron chi connectivity index (χ2n) is 7.48. The van der Waals surface area contributed by atoms with Crippen LogP contribution in [0.3, 0.4) is 0 Å². The number of carbonyl (C=O) groups excluding carboxylic acids is 1. The number of amides is 1. The van der Waals surface area contributed by atoms with Gasteiger partial charge in [-0.3, -0.25) is 4.79 Å². The summed E-state index contributed by atoms with van der Waals surface area (Å²) in [5.74, 6) is 0.281. The maximum atomic E-state index is 14.5. The Kier molecular flexibility index (Phi) is 5.55. The second kappa shape index (κ2) is 7.97. The van der Waals surface area contributed by atoms with Gasteiger partial charge >= 0.3 is 0 Å². The van der Waals surface area contributed by atoms with Crippen LogP contribution in [0, 0.1) is 5.82 Å². The van der Waals surface area contributed by atoms with Gasteiger partial charge in [0.2, 0.25) is 0 Å². The average Bonchev–Trinajstić information content (AvgIpc) is 2.70. The van der Waals surface area contributed by atoms with E-state index in [1.165, 1.54) is 17.8 Å². The van der Waals surface area contributed by atoms with Gasteiger partial charge in [0.25, 0.3) is 5.91 Å². The Morgan fingerprint density at radius 1 is 1.24 bits per heavy atom. The van der Waals surface area contributed by atoms with Crippen molar-refractivity contribution in [3.05, 3.63) is 47.8 Å². The van der Waals surface area contributed by atoms with Gasteiger partial charge in [-0.15, -0.1) is 0 Å². The molecule has 0 saturated carbocycles. The molecule has 1 fully saturated rings. The molecule has 0 aliphatic carbocycles. The largest absolute Gasteiger partial charge is 0.482 e. The summed E-state index contributed by atoms with van der Waals surface area (Å²) in [6.07, 6.45) is 1.43. The molecule has 2 aliphatic rings. The van der Waals surface area contributed by atoms with E-state index in [2.05, 4.69) is 0 Å². The molecule has 29 heavy (non-hydrogen) atoms. The fraction of sp³-hybridized carbons (Fsp3) is 0.409. The number of hydrogen-bond acceptors (Lipinski definition) is 5. The van der Waals surface area contributed by atoms with Crippen molar-refractivity contribution >= 4 is 23.4 Å². The molecule has 2 aliphatic heterocycles. The van der Waals surface area contributed by atoms with Gasteiger partial charge in [-0.2, -0.15) is 0 Å². The SMILES string of the molecule is COC1(c2cc(F)cc(Sc3ccc4c(c3)OCC(=O)N4C)c2)CCOC(C)C1. The number of carbonyl (C=O) groups is 1. The number of benzene rings is 2. The van der Waals surface area contributed by atoms with E-state index in [1.54, 1.807) is 25.1 Å². The number of fused-ring (bicyclic) bond motifs is 1. The second-order valence-corrected chi connectivity index (χ2v) is 8.63. The maximum Gasteiger partial charge on any atom is 0.264 e. The minimum atomic E-state index is -0.545. The summed E-state index contributed by atoms with van der Waals surface area (Å²) in [6, 6.07) is 10.7. The number of rotatable bonds is 4. The summed E-state index contributed by atoms with van der Waals surface area (Å²) < 4.78 is 31.6. The molecular formula is C22H24FNO4S. The molecule has 2 heterocycles. The van der Waals surface area contributed by atoms with Crippen LogP contribution in [0.15, 0.2) is 46.2 Å². The van der Waals surface area contributed by atoms with Crippen LogP contribution in [0.2, 0.25) is 0 Å². The van der Waals surface area contributed by atoms with Gasteiger partial charge in [0.05, 0.1) is 24.0 Å². The minimum Gasteiger partial charge on any atom is -0.482 e. The zero-order valence-electron chi connectivity index (χ0n) is 16.7. The first kappa shape index (κ1) is 20.2. The van der Waals surface area contributed by atoms with Crippen LogP contribution in [0.5, 0.6) is 5.75 Å². The number of nitrogens with zero attached hydrogens (tertiary/aromatic N) is 1. The molecule has 2 unspecified atom stereocenters. The molecular weight excluding hydrogens is 393 g/mol. The quantitative estimate of drug-likeness (QED) is 0.739. The Labute approximate surface area is 174 Å². The van der Waals surface area contributed by atoms with Crippen molar-refractivity contribution in [3.8, 4) is 5.75 Å². The number of ether oxygens (including phenoxy) is 3. The molecule has 5 nitrogen and oxygen atoms in total. The minimum absolute atomic E-state index is 0.0261. The lowest BCUT2D eigenvalue weighted by atomic mass is 9.83. The van der Waals surface area contributed by atoms with Crippen molar-refractivity contribution < 1.29 is 23.4 Å². The van der Waals surface area contributed by atoms with Crippen LogP contribution in [-0.4, -0.2) is 39.4 Å². The summed E-state index contributed by atoms with van der Waals surface area (Å²) in [7, 11) is 3.41. The summed E-state index contributed by atoms with van der Waals surface area (Å²) in [5, 5.41) is 0. The fourth-order valence-electron chi connectivity index (χ4n) is 3.96. The van der Waals surface area contributed by atoms with E-state index >= 15 is 0 Å². The van der Waals surface area contributed by atoms with Crippen molar-refractivity contribution in [1.29, 1.82) is 0 Å². The summed E-state index contributed by atoms with van der Waals surface area (Å²) in [4.78, 5) is 15.1. The van der Waals surface area contributed by atoms with Gasteiger partial charge < -0.3 is 19.1 Å². The average molecular weight is 418 g/mol. The van der Waals surface area contributed by atoms with E-state index < -0.39 is 5.60 Å². The predicted octanol–water partition coefficient (Wildman–Crippen LogP) is 4.37. The first-order valence-electron chi connectivity index (χ1n) is 9.59. The van der Waals surface area contributed by atoms with Crippen molar-refractivity contribution in [2.24, 2.45) is 0 Å². The number of methoxy groups -OCH3 is 1. The molecule has 1 amide bonds. The van der Waals surface area contributed by atoms with Crippen molar-refractivity contribution in [2.75, 3.05) is 32.3 Å². The maximum absolute atomic E-state index is 14.5. The number of hydrogen-bond donors (Lipinski definition) is 0. The number of likely N-dealkylation sites (N-methyl/N-ethyl adjacent to an activating group) is 1. The van der Waals surface area contributed by atoms with Gasteiger partial charge in [-0.1, -0.05) is 11.8 Å². The first-order chi connectivity index (χ1) is 13.9. The summed E-state index contributed by atoms with van der Waals surface area (Å²) >= 11 is 1.45. The molecule has 0 aromatic heterocycles. The zero-order valence-corrected chi connectivity index (χ0v) is 17.6. The molecule has 2 atom stereocenters. The molecule has 0 radical (unpaired) electrons. The molecule has 7 heteroatoms. The fourth-order valence-corrected chi connectivity index (χ4v) is 4.89. The van der Waals surface area contributed by atoms with Crippen molar-refractivity contribution in [3.63, 3.8) is 0 Å². The van der Waals surface area contributed by atoms with Crippen LogP contribution >= 0.6 is 11.8 Å². The molecule has 2 aromatic rings. The van der Waals surface area contributed by atoms with Gasteiger partial charge in [0.1, 0.15) is 11.6 Å². The Bertz CT molecular complexity index is 937. The van der Waals surface area contributed by atoms with E-state index in [-0.39, 0.29) is 24.4 Å². The Hall–Kier alpha value is -2.09. The van der Waals surface area contributed by atoms with Crippen LogP contribution < -0.4 is 9.64 Å². The molecule has 0 N–H and O–H groups in total. The lowest BCUT2D eigenvalue weighted by Crippen LogP contribution is -2.39. The van der Waals surface area contributed by atoms with E-state index in [4.69, 9.17) is 14.2 Å². The summed E-state index contributed by atoms with van der Waals surface area (Å²) in [5.41, 5.74) is 1.02. The number of anilines is 1. The highest BCUT2D eigenvalue weighted by Crippen LogP contribution is 2.42. The highest BCUT2D eigenvalue weighted by molar-refractivity contribution is 7.99. The van der Waals surface area contributed by atoms with Gasteiger partial charge in [0.15, 0.2) is 6.61 Å². The molecule has 154 valence electrons. The Morgan fingerprint density at radius 2 is 2.07 bits per heavy atom. The molecule has 1 saturated heterocycles. The lowest BCUT2D eigenvalue weighted by Gasteiger charge is -2.39. The van der Waals surface area contributed by atoms with Crippen molar-refractivity contribution in [1.82, 2.24) is 0 Å². The van der Waals surface area contributed by atoms with E-state index in [0.717, 1.165) is 21.0 Å². The zero-order chi connectivity index (χ0) is 20.6. The smallest absolute Gasteiger partial charge is 0.264 e. The van der Waals surface area contributed by atoms with Crippen molar-refractivity contribution in [2.45, 2.75) is 41.3 Å². The van der Waals surface area contributed by atoms with Gasteiger partial charge in [-0.25, -0.2) is 4.39 Å². The van der Waals surface area contributed by atoms with Crippen LogP contribution in [0.1, 0.15) is 25.3 Å². The third-order valence-electron chi connectivity index (χ3n) is 5.57. The molecule has 2 aromatic carbocycles. The summed E-state index contributed by atoms with van der Waals surface area (Å²) in [6.45, 7) is 2.62. The lowest BCUT2D eigenvalue weighted by molar-refractivity contribution is -0.122. The molecule has 0 spiro atoms. The van der Waals surface area contributed by atoms with Gasteiger partial charge in [0, 0.05) is 36.8 Å². The third kappa shape index (κ3) is 3.99. The van der Waals surface area contributed by atoms with Gasteiger partial charge in [-0.05, 0) is 48.9 Å². The Morgan fingerprint density at radius 3 is 2.83 bits per heavy atom. The Balaban J connectivity index is 1.63. The predicted molar refractivity (Wildman–Crippen MR) is 109 cm³/mol. The van der Waals surface area contributed by atoms with Crippen LogP contribution in [0.25, 0.3) is 0 Å². The number of halogens is 1. The van der Waals surface area contributed by atoms with E-state index in [1.807, 2.05) is 31.2 Å². The first-order valence-corrected chi connectivity index (χ1v) is 10.4. The normalized spacial score (nSPS) is 24.2. The standard InChI is InChI=1S/C22H24FNO4S/c1-14-12-22(26-3,6-7-27-14)15-8-16(23)10-18(9-15)29-17-4-5-19-20(11-17)28-13-21(25)24(19)2/h4-5,8-11,14H,6-7,12-13H2,1-3H3. The highest BCUT2D eigenvalue weighted by atomic mass is 32.2. The topological polar surface area (TPSA) is 48.0 Å². The van der Waals surface area contributed by atoms with E-state index in [0.29, 0.717) is 25.2 Å². The van der Waals surface area contributed by atoms with Crippen LogP contribution in [0.4, 0.5) is 10.1 Å². The highest BCUT2D eigenvalue weighted by Gasteiger charge is 2.38. The molecule has 0 bridgehead atoms. The third-order valence-corrected chi connectivity index (χ3v) is 6.53. The monoisotopic (exact) mass is 417 g/mol.